The molecular formula is C25H23NO2. The van der Waals surface area contributed by atoms with Gasteiger partial charge in [0.2, 0.25) is 5.91 Å². The van der Waals surface area contributed by atoms with Crippen molar-refractivity contribution < 1.29 is 9.59 Å². The Hall–Kier alpha value is -3.20. The summed E-state index contributed by atoms with van der Waals surface area (Å²) in [5.74, 6) is -0.295. The van der Waals surface area contributed by atoms with Crippen molar-refractivity contribution in [3.05, 3.63) is 101 Å². The zero-order chi connectivity index (χ0) is 19.5. The topological polar surface area (TPSA) is 37.4 Å². The van der Waals surface area contributed by atoms with Gasteiger partial charge in [-0.25, -0.2) is 0 Å². The highest BCUT2D eigenvalue weighted by atomic mass is 16.2. The second-order valence-electron chi connectivity index (χ2n) is 7.25. The van der Waals surface area contributed by atoms with E-state index in [1.165, 1.54) is 0 Å². The average molecular weight is 369 g/mol. The summed E-state index contributed by atoms with van der Waals surface area (Å²) in [6.45, 7) is 2.23. The highest BCUT2D eigenvalue weighted by molar-refractivity contribution is 6.03. The van der Waals surface area contributed by atoms with Crippen molar-refractivity contribution in [2.45, 2.75) is 25.7 Å². The van der Waals surface area contributed by atoms with Gasteiger partial charge in [-0.2, -0.15) is 0 Å². The summed E-state index contributed by atoms with van der Waals surface area (Å²) in [5, 5.41) is 0. The third kappa shape index (κ3) is 3.48. The number of carbonyl (C=O) groups is 2. The van der Waals surface area contributed by atoms with Crippen LogP contribution in [0.15, 0.2) is 78.9 Å². The zero-order valence-corrected chi connectivity index (χ0v) is 16.0. The monoisotopic (exact) mass is 369 g/mol. The summed E-state index contributed by atoms with van der Waals surface area (Å²) in [4.78, 5) is 27.5. The first kappa shape index (κ1) is 18.2. The van der Waals surface area contributed by atoms with Crippen molar-refractivity contribution in [1.29, 1.82) is 0 Å². The van der Waals surface area contributed by atoms with Gasteiger partial charge in [0.25, 0.3) is 0 Å². The van der Waals surface area contributed by atoms with Crippen molar-refractivity contribution in [3.8, 4) is 0 Å². The summed E-state index contributed by atoms with van der Waals surface area (Å²) >= 11 is 0. The van der Waals surface area contributed by atoms with Crippen LogP contribution in [-0.2, 0) is 11.2 Å². The van der Waals surface area contributed by atoms with Crippen LogP contribution in [0, 0.1) is 0 Å². The molecule has 0 saturated heterocycles. The largest absolute Gasteiger partial charge is 0.311 e. The second-order valence-corrected chi connectivity index (χ2v) is 7.25. The van der Waals surface area contributed by atoms with E-state index >= 15 is 0 Å². The molecular weight excluding hydrogens is 346 g/mol. The smallest absolute Gasteiger partial charge is 0.238 e. The molecule has 0 atom stereocenters. The number of fused-ring (bicyclic) bond motifs is 1. The number of aryl methyl sites for hydroxylation is 1. The van der Waals surface area contributed by atoms with Gasteiger partial charge in [-0.3, -0.25) is 9.59 Å². The first-order valence-electron chi connectivity index (χ1n) is 9.70. The lowest BCUT2D eigenvalue weighted by Gasteiger charge is -2.33. The molecule has 0 aliphatic carbocycles. The highest BCUT2D eigenvalue weighted by Gasteiger charge is 2.31. The standard InChI is InChI=1S/C25H23NO2/c1-18(27)22-15-14-19-13-8-16-26(23(19)17-22)25(28)24(20-9-4-2-5-10-20)21-11-6-3-7-12-21/h2-7,9-12,14-15,17,24H,8,13,16H2,1H3. The summed E-state index contributed by atoms with van der Waals surface area (Å²) in [7, 11) is 0. The van der Waals surface area contributed by atoms with Gasteiger partial charge in [0, 0.05) is 17.8 Å². The molecule has 0 fully saturated rings. The van der Waals surface area contributed by atoms with E-state index in [4.69, 9.17) is 0 Å². The van der Waals surface area contributed by atoms with Crippen molar-refractivity contribution in [1.82, 2.24) is 0 Å². The minimum atomic E-state index is -0.366. The molecule has 1 aliphatic rings. The molecule has 0 N–H and O–H groups in total. The molecule has 3 heteroatoms. The number of hydrogen-bond acceptors (Lipinski definition) is 2. The van der Waals surface area contributed by atoms with Crippen LogP contribution in [0.4, 0.5) is 5.69 Å². The Kier molecular flexibility index (Phi) is 5.07. The molecule has 0 aromatic heterocycles. The number of carbonyl (C=O) groups excluding carboxylic acids is 2. The number of anilines is 1. The van der Waals surface area contributed by atoms with E-state index < -0.39 is 0 Å². The number of amides is 1. The molecule has 1 heterocycles. The zero-order valence-electron chi connectivity index (χ0n) is 16.0. The fourth-order valence-corrected chi connectivity index (χ4v) is 3.95. The second kappa shape index (κ2) is 7.81. The Labute approximate surface area is 165 Å². The van der Waals surface area contributed by atoms with Gasteiger partial charge >= 0.3 is 0 Å². The first-order valence-corrected chi connectivity index (χ1v) is 9.70. The highest BCUT2D eigenvalue weighted by Crippen LogP contribution is 2.34. The van der Waals surface area contributed by atoms with E-state index in [2.05, 4.69) is 0 Å². The van der Waals surface area contributed by atoms with Gasteiger partial charge in [-0.05, 0) is 42.5 Å². The molecule has 0 radical (unpaired) electrons. The number of Topliss-reactive ketones (excluding diaryl/α,β-unsaturated/α-hetero) is 1. The van der Waals surface area contributed by atoms with Crippen LogP contribution in [0.5, 0.6) is 0 Å². The third-order valence-corrected chi connectivity index (χ3v) is 5.39. The molecule has 4 rings (SSSR count). The summed E-state index contributed by atoms with van der Waals surface area (Å²) in [6, 6.07) is 25.6. The molecule has 0 spiro atoms. The Morgan fingerprint density at radius 1 is 0.857 bits per heavy atom. The maximum absolute atomic E-state index is 13.8. The Bertz CT molecular complexity index is 956. The van der Waals surface area contributed by atoms with E-state index in [9.17, 15) is 9.59 Å². The van der Waals surface area contributed by atoms with Crippen LogP contribution < -0.4 is 4.90 Å². The summed E-state index contributed by atoms with van der Waals surface area (Å²) in [5.41, 5.74) is 4.61. The van der Waals surface area contributed by atoms with Crippen LogP contribution in [0.2, 0.25) is 0 Å². The van der Waals surface area contributed by atoms with Crippen molar-refractivity contribution in [2.24, 2.45) is 0 Å². The predicted octanol–water partition coefficient (Wildman–Crippen LogP) is 5.00. The number of hydrogen-bond donors (Lipinski definition) is 0. The number of benzene rings is 3. The van der Waals surface area contributed by atoms with Crippen molar-refractivity contribution in [2.75, 3.05) is 11.4 Å². The molecule has 0 saturated carbocycles. The Balaban J connectivity index is 1.79. The quantitative estimate of drug-likeness (QED) is 0.607. The maximum Gasteiger partial charge on any atom is 0.238 e. The number of nitrogens with zero attached hydrogens (tertiary/aromatic N) is 1. The number of rotatable bonds is 4. The first-order chi connectivity index (χ1) is 13.6. The lowest BCUT2D eigenvalue weighted by atomic mass is 9.88. The minimum Gasteiger partial charge on any atom is -0.311 e. The predicted molar refractivity (Wildman–Crippen MR) is 112 cm³/mol. The molecule has 140 valence electrons. The molecule has 3 nitrogen and oxygen atoms in total. The minimum absolute atomic E-state index is 0.0171. The van der Waals surface area contributed by atoms with E-state index in [0.29, 0.717) is 12.1 Å². The third-order valence-electron chi connectivity index (χ3n) is 5.39. The fourth-order valence-electron chi connectivity index (χ4n) is 3.95. The van der Waals surface area contributed by atoms with Crippen LogP contribution in [-0.4, -0.2) is 18.2 Å². The molecule has 3 aromatic rings. The average Bonchev–Trinajstić information content (AvgIpc) is 2.74. The van der Waals surface area contributed by atoms with E-state index in [-0.39, 0.29) is 17.6 Å². The number of ketones is 1. The SMILES string of the molecule is CC(=O)c1ccc2c(c1)N(C(=O)C(c1ccccc1)c1ccccc1)CCC2. The molecule has 3 aromatic carbocycles. The van der Waals surface area contributed by atoms with Gasteiger partial charge < -0.3 is 4.90 Å². The molecule has 28 heavy (non-hydrogen) atoms. The van der Waals surface area contributed by atoms with Gasteiger partial charge in [-0.15, -0.1) is 0 Å². The van der Waals surface area contributed by atoms with Gasteiger partial charge in [0.05, 0.1) is 5.92 Å². The molecule has 0 unspecified atom stereocenters. The van der Waals surface area contributed by atoms with Crippen molar-refractivity contribution >= 4 is 17.4 Å². The summed E-state index contributed by atoms with van der Waals surface area (Å²) < 4.78 is 0. The lowest BCUT2D eigenvalue weighted by molar-refractivity contribution is -0.119. The van der Waals surface area contributed by atoms with E-state index in [1.807, 2.05) is 83.8 Å². The van der Waals surface area contributed by atoms with Crippen LogP contribution >= 0.6 is 0 Å². The fraction of sp³-hybridized carbons (Fsp3) is 0.200. The van der Waals surface area contributed by atoms with Gasteiger partial charge in [0.1, 0.15) is 0 Å². The Morgan fingerprint density at radius 2 is 1.46 bits per heavy atom. The molecule has 0 bridgehead atoms. The van der Waals surface area contributed by atoms with Gasteiger partial charge in [-0.1, -0.05) is 72.8 Å². The summed E-state index contributed by atoms with van der Waals surface area (Å²) in [6.07, 6.45) is 1.85. The maximum atomic E-state index is 13.8. The van der Waals surface area contributed by atoms with E-state index in [0.717, 1.165) is 35.2 Å². The van der Waals surface area contributed by atoms with Crippen LogP contribution in [0.25, 0.3) is 0 Å². The molecule has 1 amide bonds. The molecule has 1 aliphatic heterocycles. The van der Waals surface area contributed by atoms with Crippen LogP contribution in [0.3, 0.4) is 0 Å². The van der Waals surface area contributed by atoms with Crippen LogP contribution in [0.1, 0.15) is 46.3 Å². The lowest BCUT2D eigenvalue weighted by Crippen LogP contribution is -2.39. The Morgan fingerprint density at radius 3 is 2.04 bits per heavy atom. The normalized spacial score (nSPS) is 13.3. The van der Waals surface area contributed by atoms with E-state index in [1.54, 1.807) is 6.92 Å². The van der Waals surface area contributed by atoms with Gasteiger partial charge in [0.15, 0.2) is 5.78 Å². The van der Waals surface area contributed by atoms with Crippen molar-refractivity contribution in [3.63, 3.8) is 0 Å².